The van der Waals surface area contributed by atoms with Crippen LogP contribution in [0.2, 0.25) is 0 Å². The number of H-pyrrole nitrogens is 1. The van der Waals surface area contributed by atoms with Crippen LogP contribution in [0.4, 0.5) is 0 Å². The molecule has 0 radical (unpaired) electrons. The van der Waals surface area contributed by atoms with Crippen molar-refractivity contribution in [1.29, 1.82) is 0 Å². The summed E-state index contributed by atoms with van der Waals surface area (Å²) in [6.07, 6.45) is 3.88. The van der Waals surface area contributed by atoms with Crippen LogP contribution in [0.3, 0.4) is 0 Å². The fraction of sp³-hybridized carbons (Fsp3) is 0.429. The lowest BCUT2D eigenvalue weighted by molar-refractivity contribution is 0.414. The number of hydrogen-bond donors (Lipinski definition) is 1. The summed E-state index contributed by atoms with van der Waals surface area (Å²) in [7, 11) is 1.68. The highest BCUT2D eigenvalue weighted by molar-refractivity contribution is 5.27. The summed E-state index contributed by atoms with van der Waals surface area (Å²) in [5.74, 6) is 2.78. The van der Waals surface area contributed by atoms with Crippen molar-refractivity contribution in [1.82, 2.24) is 15.2 Å². The molecule has 0 bridgehead atoms. The van der Waals surface area contributed by atoms with Crippen LogP contribution in [-0.2, 0) is 19.3 Å². The molecule has 1 aromatic heterocycles. The van der Waals surface area contributed by atoms with Gasteiger partial charge in [0.05, 0.1) is 7.11 Å². The van der Waals surface area contributed by atoms with E-state index in [1.807, 2.05) is 12.1 Å². The third-order valence-electron chi connectivity index (χ3n) is 2.86. The predicted octanol–water partition coefficient (Wildman–Crippen LogP) is 2.55. The molecule has 2 rings (SSSR count). The van der Waals surface area contributed by atoms with Crippen molar-refractivity contribution in [2.45, 2.75) is 32.6 Å². The van der Waals surface area contributed by atoms with Crippen LogP contribution >= 0.6 is 0 Å². The SMILES string of the molecule is CCCc1nc(CCc2ccc(OC)cc2)n[nH]1. The highest BCUT2D eigenvalue weighted by Crippen LogP contribution is 2.12. The minimum Gasteiger partial charge on any atom is -0.497 e. The van der Waals surface area contributed by atoms with Crippen LogP contribution in [0.5, 0.6) is 5.75 Å². The van der Waals surface area contributed by atoms with Crippen LogP contribution in [0, 0.1) is 0 Å². The molecule has 96 valence electrons. The largest absolute Gasteiger partial charge is 0.497 e. The van der Waals surface area contributed by atoms with Crippen LogP contribution in [0.25, 0.3) is 0 Å². The Morgan fingerprint density at radius 1 is 1.11 bits per heavy atom. The maximum absolute atomic E-state index is 5.13. The smallest absolute Gasteiger partial charge is 0.151 e. The van der Waals surface area contributed by atoms with Gasteiger partial charge in [-0.25, -0.2) is 4.98 Å². The highest BCUT2D eigenvalue weighted by atomic mass is 16.5. The second-order valence-electron chi connectivity index (χ2n) is 4.30. The summed E-state index contributed by atoms with van der Waals surface area (Å²) in [6.45, 7) is 2.14. The molecule has 1 heterocycles. The van der Waals surface area contributed by atoms with E-state index in [1.54, 1.807) is 7.11 Å². The van der Waals surface area contributed by atoms with Crippen molar-refractivity contribution in [3.8, 4) is 5.75 Å². The zero-order valence-electron chi connectivity index (χ0n) is 10.9. The normalized spacial score (nSPS) is 10.6. The second-order valence-corrected chi connectivity index (χ2v) is 4.30. The van der Waals surface area contributed by atoms with Gasteiger partial charge >= 0.3 is 0 Å². The van der Waals surface area contributed by atoms with Gasteiger partial charge in [0.15, 0.2) is 5.82 Å². The third kappa shape index (κ3) is 3.32. The number of nitrogens with one attached hydrogen (secondary N) is 1. The number of rotatable bonds is 6. The van der Waals surface area contributed by atoms with Crippen LogP contribution in [0.1, 0.15) is 30.6 Å². The molecule has 0 spiro atoms. The van der Waals surface area contributed by atoms with Crippen molar-refractivity contribution in [2.24, 2.45) is 0 Å². The van der Waals surface area contributed by atoms with E-state index in [4.69, 9.17) is 4.74 Å². The summed E-state index contributed by atoms with van der Waals surface area (Å²) < 4.78 is 5.13. The molecule has 0 aliphatic carbocycles. The van der Waals surface area contributed by atoms with Crippen molar-refractivity contribution in [2.75, 3.05) is 7.11 Å². The van der Waals surface area contributed by atoms with Gasteiger partial charge in [-0.1, -0.05) is 19.1 Å². The summed E-state index contributed by atoms with van der Waals surface area (Å²) >= 11 is 0. The van der Waals surface area contributed by atoms with E-state index in [-0.39, 0.29) is 0 Å². The molecule has 1 N–H and O–H groups in total. The minimum atomic E-state index is 0.868. The summed E-state index contributed by atoms with van der Waals surface area (Å²) in [5.41, 5.74) is 1.28. The van der Waals surface area contributed by atoms with Crippen molar-refractivity contribution in [3.63, 3.8) is 0 Å². The van der Waals surface area contributed by atoms with Gasteiger partial charge in [-0.15, -0.1) is 0 Å². The standard InChI is InChI=1S/C14H19N3O/c1-3-4-13-15-14(17-16-13)10-7-11-5-8-12(18-2)9-6-11/h5-6,8-9H,3-4,7,10H2,1-2H3,(H,15,16,17). The summed E-state index contributed by atoms with van der Waals surface area (Å²) in [6, 6.07) is 8.13. The maximum atomic E-state index is 5.13. The average Bonchev–Trinajstić information content (AvgIpc) is 2.85. The van der Waals surface area contributed by atoms with Crippen molar-refractivity contribution in [3.05, 3.63) is 41.5 Å². The Morgan fingerprint density at radius 2 is 1.89 bits per heavy atom. The van der Waals surface area contributed by atoms with Crippen LogP contribution in [-0.4, -0.2) is 22.3 Å². The molecule has 0 aliphatic heterocycles. The lowest BCUT2D eigenvalue weighted by Crippen LogP contribution is -1.94. The van der Waals surface area contributed by atoms with Gasteiger partial charge in [-0.3, -0.25) is 5.10 Å². The Balaban J connectivity index is 1.89. The topological polar surface area (TPSA) is 50.8 Å². The van der Waals surface area contributed by atoms with Crippen molar-refractivity contribution >= 4 is 0 Å². The number of benzene rings is 1. The fourth-order valence-electron chi connectivity index (χ4n) is 1.84. The number of ether oxygens (including phenoxy) is 1. The molecular weight excluding hydrogens is 226 g/mol. The first-order valence-electron chi connectivity index (χ1n) is 6.35. The minimum absolute atomic E-state index is 0.868. The zero-order chi connectivity index (χ0) is 12.8. The molecule has 18 heavy (non-hydrogen) atoms. The van der Waals surface area contributed by atoms with E-state index in [2.05, 4.69) is 34.2 Å². The lowest BCUT2D eigenvalue weighted by Gasteiger charge is -2.01. The Labute approximate surface area is 107 Å². The quantitative estimate of drug-likeness (QED) is 0.851. The van der Waals surface area contributed by atoms with E-state index in [0.717, 1.165) is 43.1 Å². The molecular formula is C14H19N3O. The van der Waals surface area contributed by atoms with E-state index in [1.165, 1.54) is 5.56 Å². The van der Waals surface area contributed by atoms with Crippen LogP contribution in [0.15, 0.2) is 24.3 Å². The van der Waals surface area contributed by atoms with Gasteiger partial charge in [0.2, 0.25) is 0 Å². The number of hydrogen-bond acceptors (Lipinski definition) is 3. The maximum Gasteiger partial charge on any atom is 0.151 e. The molecule has 2 aromatic rings. The monoisotopic (exact) mass is 245 g/mol. The molecule has 0 fully saturated rings. The third-order valence-corrected chi connectivity index (χ3v) is 2.86. The summed E-state index contributed by atoms with van der Waals surface area (Å²) in [5, 5.41) is 7.20. The van der Waals surface area contributed by atoms with E-state index < -0.39 is 0 Å². The molecule has 0 amide bonds. The molecule has 4 nitrogen and oxygen atoms in total. The summed E-state index contributed by atoms with van der Waals surface area (Å²) in [4.78, 5) is 4.46. The molecule has 0 unspecified atom stereocenters. The molecule has 0 atom stereocenters. The van der Waals surface area contributed by atoms with E-state index in [0.29, 0.717) is 0 Å². The van der Waals surface area contributed by atoms with E-state index in [9.17, 15) is 0 Å². The molecule has 0 aliphatic rings. The number of methoxy groups -OCH3 is 1. The van der Waals surface area contributed by atoms with E-state index >= 15 is 0 Å². The number of nitrogens with zero attached hydrogens (tertiary/aromatic N) is 2. The molecule has 0 saturated carbocycles. The van der Waals surface area contributed by atoms with Gasteiger partial charge in [0.25, 0.3) is 0 Å². The zero-order valence-corrected chi connectivity index (χ0v) is 10.9. The molecule has 4 heteroatoms. The number of aromatic amines is 1. The van der Waals surface area contributed by atoms with Gasteiger partial charge < -0.3 is 4.74 Å². The second kappa shape index (κ2) is 6.19. The van der Waals surface area contributed by atoms with Gasteiger partial charge in [0.1, 0.15) is 11.6 Å². The lowest BCUT2D eigenvalue weighted by atomic mass is 10.1. The fourth-order valence-corrected chi connectivity index (χ4v) is 1.84. The Bertz CT molecular complexity index is 476. The Hall–Kier alpha value is -1.84. The first-order valence-corrected chi connectivity index (χ1v) is 6.35. The first kappa shape index (κ1) is 12.6. The van der Waals surface area contributed by atoms with Gasteiger partial charge in [0, 0.05) is 12.8 Å². The average molecular weight is 245 g/mol. The highest BCUT2D eigenvalue weighted by Gasteiger charge is 2.03. The van der Waals surface area contributed by atoms with Gasteiger partial charge in [-0.05, 0) is 30.5 Å². The van der Waals surface area contributed by atoms with Crippen molar-refractivity contribution < 1.29 is 4.74 Å². The molecule has 0 saturated heterocycles. The Morgan fingerprint density at radius 3 is 2.56 bits per heavy atom. The van der Waals surface area contributed by atoms with Gasteiger partial charge in [-0.2, -0.15) is 5.10 Å². The number of aryl methyl sites for hydroxylation is 3. The first-order chi connectivity index (χ1) is 8.81. The van der Waals surface area contributed by atoms with Crippen LogP contribution < -0.4 is 4.74 Å². The molecule has 1 aromatic carbocycles. The number of aromatic nitrogens is 3. The predicted molar refractivity (Wildman–Crippen MR) is 70.8 cm³/mol. The Kier molecular flexibility index (Phi) is 4.34.